The van der Waals surface area contributed by atoms with Gasteiger partial charge in [-0.3, -0.25) is 4.72 Å². The molecule has 0 bridgehead atoms. The van der Waals surface area contributed by atoms with Crippen molar-refractivity contribution in [2.75, 3.05) is 4.72 Å². The third kappa shape index (κ3) is 3.39. The highest BCUT2D eigenvalue weighted by molar-refractivity contribution is 9.10. The Hall–Kier alpha value is -0.920. The van der Waals surface area contributed by atoms with E-state index >= 15 is 0 Å². The summed E-state index contributed by atoms with van der Waals surface area (Å²) in [7, 11) is -3.81. The highest BCUT2D eigenvalue weighted by Gasteiger charge is 2.17. The van der Waals surface area contributed by atoms with Crippen molar-refractivity contribution in [3.05, 3.63) is 56.7 Å². The van der Waals surface area contributed by atoms with Crippen LogP contribution in [0.2, 0.25) is 0 Å². The first-order valence-electron chi connectivity index (χ1n) is 5.53. The normalized spacial score (nSPS) is 11.4. The molecule has 106 valence electrons. The number of benzene rings is 2. The standard InChI is InChI=1S/C13H10Br2FNO2S/c1-8-6-10(3-4-11(8)15)20(18,19)17-13-5-2-9(14)7-12(13)16/h2-7,17H,1H3. The highest BCUT2D eigenvalue weighted by Crippen LogP contribution is 2.24. The molecule has 0 radical (unpaired) electrons. The molecule has 2 aromatic carbocycles. The fourth-order valence-electron chi connectivity index (χ4n) is 1.56. The molecule has 2 rings (SSSR count). The van der Waals surface area contributed by atoms with Crippen LogP contribution in [0.5, 0.6) is 0 Å². The Morgan fingerprint density at radius 3 is 2.40 bits per heavy atom. The van der Waals surface area contributed by atoms with Crippen molar-refractivity contribution >= 4 is 47.6 Å². The van der Waals surface area contributed by atoms with Crippen LogP contribution in [-0.4, -0.2) is 8.42 Å². The van der Waals surface area contributed by atoms with E-state index in [0.29, 0.717) is 4.47 Å². The van der Waals surface area contributed by atoms with Crippen LogP contribution in [0.3, 0.4) is 0 Å². The van der Waals surface area contributed by atoms with Crippen molar-refractivity contribution in [3.63, 3.8) is 0 Å². The molecule has 0 atom stereocenters. The molecule has 0 unspecified atom stereocenters. The van der Waals surface area contributed by atoms with Crippen LogP contribution < -0.4 is 4.72 Å². The lowest BCUT2D eigenvalue weighted by Crippen LogP contribution is -2.14. The van der Waals surface area contributed by atoms with Crippen molar-refractivity contribution in [1.82, 2.24) is 0 Å². The molecule has 0 amide bonds. The smallest absolute Gasteiger partial charge is 0.261 e. The van der Waals surface area contributed by atoms with Crippen LogP contribution in [0.15, 0.2) is 50.2 Å². The van der Waals surface area contributed by atoms with E-state index in [1.165, 1.54) is 24.3 Å². The molecule has 0 aromatic heterocycles. The summed E-state index contributed by atoms with van der Waals surface area (Å²) in [4.78, 5) is 0.0838. The minimum absolute atomic E-state index is 0.0838. The lowest BCUT2D eigenvalue weighted by molar-refractivity contribution is 0.598. The lowest BCUT2D eigenvalue weighted by atomic mass is 10.2. The zero-order valence-electron chi connectivity index (χ0n) is 10.3. The second-order valence-corrected chi connectivity index (χ2v) is 7.59. The molecular weight excluding hydrogens is 413 g/mol. The van der Waals surface area contributed by atoms with Crippen molar-refractivity contribution < 1.29 is 12.8 Å². The predicted molar refractivity (Wildman–Crippen MR) is 83.8 cm³/mol. The Kier molecular flexibility index (Phi) is 4.51. The third-order valence-corrected chi connectivity index (χ3v) is 5.36. The minimum atomic E-state index is -3.81. The predicted octanol–water partition coefficient (Wildman–Crippen LogP) is 4.46. The highest BCUT2D eigenvalue weighted by atomic mass is 79.9. The Morgan fingerprint density at radius 1 is 1.10 bits per heavy atom. The van der Waals surface area contributed by atoms with E-state index in [1.54, 1.807) is 19.1 Å². The van der Waals surface area contributed by atoms with Crippen molar-refractivity contribution in [3.8, 4) is 0 Å². The molecule has 1 N–H and O–H groups in total. The molecule has 0 spiro atoms. The molecule has 0 aliphatic carbocycles. The van der Waals surface area contributed by atoms with Gasteiger partial charge in [-0.1, -0.05) is 31.9 Å². The first kappa shape index (κ1) is 15.5. The van der Waals surface area contributed by atoms with Gasteiger partial charge in [0.25, 0.3) is 10.0 Å². The number of nitrogens with one attached hydrogen (secondary N) is 1. The van der Waals surface area contributed by atoms with Crippen LogP contribution in [-0.2, 0) is 10.0 Å². The largest absolute Gasteiger partial charge is 0.277 e. The quantitative estimate of drug-likeness (QED) is 0.793. The zero-order valence-corrected chi connectivity index (χ0v) is 14.3. The van der Waals surface area contributed by atoms with Gasteiger partial charge >= 0.3 is 0 Å². The van der Waals surface area contributed by atoms with Crippen molar-refractivity contribution in [2.24, 2.45) is 0 Å². The number of hydrogen-bond donors (Lipinski definition) is 1. The van der Waals surface area contributed by atoms with E-state index in [9.17, 15) is 12.8 Å². The Morgan fingerprint density at radius 2 is 1.80 bits per heavy atom. The molecule has 20 heavy (non-hydrogen) atoms. The topological polar surface area (TPSA) is 46.2 Å². The van der Waals surface area contributed by atoms with Gasteiger partial charge in [0.15, 0.2) is 0 Å². The number of sulfonamides is 1. The van der Waals surface area contributed by atoms with Crippen LogP contribution >= 0.6 is 31.9 Å². The molecule has 2 aromatic rings. The first-order valence-corrected chi connectivity index (χ1v) is 8.60. The van der Waals surface area contributed by atoms with E-state index < -0.39 is 15.8 Å². The summed E-state index contributed by atoms with van der Waals surface area (Å²) in [5.74, 6) is -0.642. The zero-order chi connectivity index (χ0) is 14.9. The number of anilines is 1. The molecule has 0 saturated carbocycles. The van der Waals surface area contributed by atoms with Gasteiger partial charge in [0.2, 0.25) is 0 Å². The average Bonchev–Trinajstić information content (AvgIpc) is 2.36. The van der Waals surface area contributed by atoms with Crippen LogP contribution in [0.25, 0.3) is 0 Å². The van der Waals surface area contributed by atoms with Crippen molar-refractivity contribution in [1.29, 1.82) is 0 Å². The van der Waals surface area contributed by atoms with Crippen LogP contribution in [0, 0.1) is 12.7 Å². The van der Waals surface area contributed by atoms with Crippen LogP contribution in [0.4, 0.5) is 10.1 Å². The Labute approximate surface area is 133 Å². The Balaban J connectivity index is 2.38. The van der Waals surface area contributed by atoms with E-state index in [4.69, 9.17) is 0 Å². The fourth-order valence-corrected chi connectivity index (χ4v) is 3.29. The molecule has 3 nitrogen and oxygen atoms in total. The van der Waals surface area contributed by atoms with E-state index in [0.717, 1.165) is 10.0 Å². The summed E-state index contributed by atoms with van der Waals surface area (Å²) in [5, 5.41) is 0. The number of aryl methyl sites for hydroxylation is 1. The van der Waals surface area contributed by atoms with Gasteiger partial charge in [0.1, 0.15) is 5.82 Å². The third-order valence-electron chi connectivity index (χ3n) is 2.62. The Bertz CT molecular complexity index is 763. The molecule has 7 heteroatoms. The van der Waals surface area contributed by atoms with Gasteiger partial charge in [-0.05, 0) is 48.9 Å². The average molecular weight is 423 g/mol. The summed E-state index contributed by atoms with van der Waals surface area (Å²) in [5.41, 5.74) is 0.693. The summed E-state index contributed by atoms with van der Waals surface area (Å²) in [6, 6.07) is 8.74. The molecule has 0 heterocycles. The van der Waals surface area contributed by atoms with Gasteiger partial charge in [-0.2, -0.15) is 0 Å². The van der Waals surface area contributed by atoms with Gasteiger partial charge < -0.3 is 0 Å². The maximum absolute atomic E-state index is 13.7. The number of hydrogen-bond acceptors (Lipinski definition) is 2. The second kappa shape index (κ2) is 5.83. The summed E-state index contributed by atoms with van der Waals surface area (Å²) in [6.07, 6.45) is 0. The second-order valence-electron chi connectivity index (χ2n) is 4.14. The summed E-state index contributed by atoms with van der Waals surface area (Å²) < 4.78 is 41.7. The molecule has 0 fully saturated rings. The van der Waals surface area contributed by atoms with E-state index in [-0.39, 0.29) is 10.6 Å². The van der Waals surface area contributed by atoms with Crippen molar-refractivity contribution in [2.45, 2.75) is 11.8 Å². The molecule has 0 saturated heterocycles. The molecular formula is C13H10Br2FNO2S. The molecule has 0 aliphatic heterocycles. The minimum Gasteiger partial charge on any atom is -0.277 e. The van der Waals surface area contributed by atoms with Crippen LogP contribution in [0.1, 0.15) is 5.56 Å². The monoisotopic (exact) mass is 421 g/mol. The lowest BCUT2D eigenvalue weighted by Gasteiger charge is -2.10. The molecule has 0 aliphatic rings. The van der Waals surface area contributed by atoms with Gasteiger partial charge in [-0.15, -0.1) is 0 Å². The van der Waals surface area contributed by atoms with E-state index in [1.807, 2.05) is 0 Å². The first-order chi connectivity index (χ1) is 9.29. The number of rotatable bonds is 3. The maximum Gasteiger partial charge on any atom is 0.261 e. The summed E-state index contributed by atoms with van der Waals surface area (Å²) in [6.45, 7) is 1.78. The SMILES string of the molecule is Cc1cc(S(=O)(=O)Nc2ccc(Br)cc2F)ccc1Br. The number of halogens is 3. The van der Waals surface area contributed by atoms with Gasteiger partial charge in [0.05, 0.1) is 10.6 Å². The van der Waals surface area contributed by atoms with Gasteiger partial charge in [-0.25, -0.2) is 12.8 Å². The fraction of sp³-hybridized carbons (Fsp3) is 0.0769. The van der Waals surface area contributed by atoms with Gasteiger partial charge in [0, 0.05) is 8.95 Å². The maximum atomic E-state index is 13.7. The summed E-state index contributed by atoms with van der Waals surface area (Å²) >= 11 is 6.42. The van der Waals surface area contributed by atoms with E-state index in [2.05, 4.69) is 36.6 Å².